The molecule has 0 saturated heterocycles. The first kappa shape index (κ1) is 15.0. The number of nitrogens with one attached hydrogen (secondary N) is 2. The predicted molar refractivity (Wildman–Crippen MR) is 74.8 cm³/mol. The van der Waals surface area contributed by atoms with Crippen LogP contribution in [0.15, 0.2) is 23.1 Å². The lowest BCUT2D eigenvalue weighted by molar-refractivity contribution is -0.115. The van der Waals surface area contributed by atoms with Gasteiger partial charge in [-0.2, -0.15) is 0 Å². The third kappa shape index (κ3) is 3.17. The molecular formula is C13H18N2O4S. The van der Waals surface area contributed by atoms with Gasteiger partial charge in [-0.3, -0.25) is 4.79 Å². The third-order valence-corrected chi connectivity index (χ3v) is 4.58. The minimum Gasteiger partial charge on any atom is -0.396 e. The minimum atomic E-state index is -3.64. The van der Waals surface area contributed by atoms with Crippen LogP contribution in [0.4, 0.5) is 5.69 Å². The summed E-state index contributed by atoms with van der Waals surface area (Å²) in [4.78, 5) is 11.4. The van der Waals surface area contributed by atoms with Gasteiger partial charge < -0.3 is 10.4 Å². The van der Waals surface area contributed by atoms with Gasteiger partial charge in [-0.15, -0.1) is 0 Å². The fraction of sp³-hybridized carbons (Fsp3) is 0.462. The van der Waals surface area contributed by atoms with Gasteiger partial charge in [0.2, 0.25) is 15.9 Å². The summed E-state index contributed by atoms with van der Waals surface area (Å²) < 4.78 is 26.8. The standard InChI is InChI=1S/C13H18N2O4S/c1-13(2,8-16)7-14-20(18,19)10-3-4-11-9(5-10)6-12(17)15-11/h3-5,14,16H,6-8H2,1-2H3,(H,15,17). The number of anilines is 1. The molecule has 0 bridgehead atoms. The number of hydrogen-bond acceptors (Lipinski definition) is 4. The topological polar surface area (TPSA) is 95.5 Å². The van der Waals surface area contributed by atoms with Crippen molar-refractivity contribution in [2.75, 3.05) is 18.5 Å². The highest BCUT2D eigenvalue weighted by Crippen LogP contribution is 2.26. The molecule has 0 saturated carbocycles. The van der Waals surface area contributed by atoms with Crippen LogP contribution in [0.3, 0.4) is 0 Å². The van der Waals surface area contributed by atoms with E-state index in [9.17, 15) is 13.2 Å². The van der Waals surface area contributed by atoms with Crippen LogP contribution in [0, 0.1) is 5.41 Å². The summed E-state index contributed by atoms with van der Waals surface area (Å²) in [6, 6.07) is 4.55. The van der Waals surface area contributed by atoms with Crippen LogP contribution in [-0.4, -0.2) is 32.6 Å². The number of amides is 1. The minimum absolute atomic E-state index is 0.113. The molecule has 0 aliphatic carbocycles. The monoisotopic (exact) mass is 298 g/mol. The smallest absolute Gasteiger partial charge is 0.240 e. The Hall–Kier alpha value is -1.44. The summed E-state index contributed by atoms with van der Waals surface area (Å²) in [5.41, 5.74) is 0.811. The summed E-state index contributed by atoms with van der Waals surface area (Å²) in [5, 5.41) is 11.8. The molecule has 0 radical (unpaired) electrons. The molecule has 1 amide bonds. The summed E-state index contributed by atoms with van der Waals surface area (Å²) in [7, 11) is -3.64. The van der Waals surface area contributed by atoms with Crippen molar-refractivity contribution in [2.24, 2.45) is 5.41 Å². The van der Waals surface area contributed by atoms with E-state index in [1.165, 1.54) is 12.1 Å². The Morgan fingerprint density at radius 1 is 1.40 bits per heavy atom. The van der Waals surface area contributed by atoms with Crippen LogP contribution in [0.5, 0.6) is 0 Å². The van der Waals surface area contributed by atoms with Gasteiger partial charge in [-0.25, -0.2) is 13.1 Å². The fourth-order valence-electron chi connectivity index (χ4n) is 1.80. The van der Waals surface area contributed by atoms with Gasteiger partial charge in [0, 0.05) is 24.3 Å². The second kappa shape index (κ2) is 5.16. The number of carbonyl (C=O) groups is 1. The Bertz CT molecular complexity index is 638. The molecule has 0 fully saturated rings. The lowest BCUT2D eigenvalue weighted by Gasteiger charge is -2.21. The van der Waals surface area contributed by atoms with E-state index in [1.54, 1.807) is 19.9 Å². The highest BCUT2D eigenvalue weighted by Gasteiger charge is 2.24. The molecule has 1 aromatic carbocycles. The first-order valence-electron chi connectivity index (χ1n) is 6.27. The molecule has 1 aromatic rings. The van der Waals surface area contributed by atoms with Crippen LogP contribution in [0.2, 0.25) is 0 Å². The zero-order chi connectivity index (χ0) is 15.0. The first-order chi connectivity index (χ1) is 9.23. The summed E-state index contributed by atoms with van der Waals surface area (Å²) in [6.45, 7) is 3.56. The average Bonchev–Trinajstić information content (AvgIpc) is 2.76. The van der Waals surface area contributed by atoms with Crippen LogP contribution in [0.1, 0.15) is 19.4 Å². The molecule has 1 aliphatic heterocycles. The van der Waals surface area contributed by atoms with Crippen LogP contribution >= 0.6 is 0 Å². The van der Waals surface area contributed by atoms with E-state index in [2.05, 4.69) is 10.0 Å². The number of rotatable bonds is 5. The quantitative estimate of drug-likeness (QED) is 0.736. The normalized spacial score (nSPS) is 15.1. The second-order valence-electron chi connectivity index (χ2n) is 5.69. The van der Waals surface area contributed by atoms with Crippen molar-refractivity contribution in [2.45, 2.75) is 25.2 Å². The van der Waals surface area contributed by atoms with Gasteiger partial charge in [-0.05, 0) is 23.8 Å². The van der Waals surface area contributed by atoms with E-state index < -0.39 is 15.4 Å². The van der Waals surface area contributed by atoms with Crippen molar-refractivity contribution in [1.82, 2.24) is 4.72 Å². The van der Waals surface area contributed by atoms with Crippen molar-refractivity contribution < 1.29 is 18.3 Å². The Balaban J connectivity index is 2.19. The Morgan fingerprint density at radius 3 is 2.75 bits per heavy atom. The molecule has 7 heteroatoms. The molecule has 0 unspecified atom stereocenters. The van der Waals surface area contributed by atoms with Gasteiger partial charge in [-0.1, -0.05) is 13.8 Å². The lowest BCUT2D eigenvalue weighted by atomic mass is 9.96. The van der Waals surface area contributed by atoms with Crippen molar-refractivity contribution in [3.63, 3.8) is 0 Å². The molecular weight excluding hydrogens is 280 g/mol. The largest absolute Gasteiger partial charge is 0.396 e. The number of hydrogen-bond donors (Lipinski definition) is 3. The summed E-state index contributed by atoms with van der Waals surface area (Å²) >= 11 is 0. The van der Waals surface area contributed by atoms with Crippen LogP contribution in [-0.2, 0) is 21.2 Å². The lowest BCUT2D eigenvalue weighted by Crippen LogP contribution is -2.36. The molecule has 20 heavy (non-hydrogen) atoms. The molecule has 3 N–H and O–H groups in total. The maximum atomic E-state index is 12.2. The van der Waals surface area contributed by atoms with Crippen molar-refractivity contribution in [3.05, 3.63) is 23.8 Å². The second-order valence-corrected chi connectivity index (χ2v) is 7.46. The molecule has 0 aromatic heterocycles. The van der Waals surface area contributed by atoms with E-state index >= 15 is 0 Å². The SMILES string of the molecule is CC(C)(CO)CNS(=O)(=O)c1ccc2c(c1)CC(=O)N2. The van der Waals surface area contributed by atoms with E-state index in [0.29, 0.717) is 11.3 Å². The van der Waals surface area contributed by atoms with Gasteiger partial charge >= 0.3 is 0 Å². The molecule has 0 spiro atoms. The number of sulfonamides is 1. The van der Waals surface area contributed by atoms with E-state index in [1.807, 2.05) is 0 Å². The number of carbonyl (C=O) groups excluding carboxylic acids is 1. The van der Waals surface area contributed by atoms with Crippen molar-refractivity contribution in [3.8, 4) is 0 Å². The molecule has 1 heterocycles. The number of benzene rings is 1. The van der Waals surface area contributed by atoms with Gasteiger partial charge in [0.1, 0.15) is 0 Å². The zero-order valence-corrected chi connectivity index (χ0v) is 12.3. The van der Waals surface area contributed by atoms with Crippen molar-refractivity contribution >= 4 is 21.6 Å². The van der Waals surface area contributed by atoms with E-state index in [4.69, 9.17) is 5.11 Å². The molecule has 1 aliphatic rings. The van der Waals surface area contributed by atoms with Gasteiger partial charge in [0.15, 0.2) is 0 Å². The zero-order valence-electron chi connectivity index (χ0n) is 11.4. The third-order valence-electron chi connectivity index (χ3n) is 3.18. The number of aliphatic hydroxyl groups excluding tert-OH is 1. The Kier molecular flexibility index (Phi) is 3.86. The van der Waals surface area contributed by atoms with Gasteiger partial charge in [0.25, 0.3) is 0 Å². The molecule has 110 valence electrons. The maximum Gasteiger partial charge on any atom is 0.240 e. The van der Waals surface area contributed by atoms with E-state index in [0.717, 1.165) is 0 Å². The highest BCUT2D eigenvalue weighted by molar-refractivity contribution is 7.89. The molecule has 2 rings (SSSR count). The predicted octanol–water partition coefficient (Wildman–Crippen LogP) is 0.478. The first-order valence-corrected chi connectivity index (χ1v) is 7.75. The molecule has 0 atom stereocenters. The van der Waals surface area contributed by atoms with Gasteiger partial charge in [0.05, 0.1) is 11.3 Å². The Labute approximate surface area is 118 Å². The number of fused-ring (bicyclic) bond motifs is 1. The number of aliphatic hydroxyl groups is 1. The van der Waals surface area contributed by atoms with Crippen LogP contribution in [0.25, 0.3) is 0 Å². The average molecular weight is 298 g/mol. The highest BCUT2D eigenvalue weighted by atomic mass is 32.2. The molecule has 6 nitrogen and oxygen atoms in total. The van der Waals surface area contributed by atoms with Crippen LogP contribution < -0.4 is 10.0 Å². The van der Waals surface area contributed by atoms with Crippen molar-refractivity contribution in [1.29, 1.82) is 0 Å². The maximum absolute atomic E-state index is 12.2. The summed E-state index contributed by atoms with van der Waals surface area (Å²) in [5.74, 6) is -0.135. The fourth-order valence-corrected chi connectivity index (χ4v) is 3.09. The Morgan fingerprint density at radius 2 is 2.10 bits per heavy atom. The summed E-state index contributed by atoms with van der Waals surface area (Å²) in [6.07, 6.45) is 0.195. The van der Waals surface area contributed by atoms with E-state index in [-0.39, 0.29) is 30.4 Å².